The maximum atomic E-state index is 13.7. The Hall–Kier alpha value is -0.483. The Morgan fingerprint density at radius 1 is 1.35 bits per heavy atom. The van der Waals surface area contributed by atoms with Gasteiger partial charge in [-0.2, -0.15) is 12.7 Å². The van der Waals surface area contributed by atoms with Gasteiger partial charge in [-0.15, -0.1) is 0 Å². The van der Waals surface area contributed by atoms with E-state index in [0.717, 1.165) is 14.8 Å². The molecule has 0 saturated carbocycles. The third-order valence-electron chi connectivity index (χ3n) is 5.51. The maximum absolute atomic E-state index is 13.7. The SMILES string of the molecule is CSc1nc2c(n1S(=O)(=O)N(C)C)CCNC2C(=O)c1cc(Br)c(Br)n1COCC[Si](C)(C)C. The van der Waals surface area contributed by atoms with Gasteiger partial charge in [0.05, 0.1) is 21.6 Å². The number of hydrogen-bond donors (Lipinski definition) is 1. The molecule has 1 unspecified atom stereocenters. The van der Waals surface area contributed by atoms with E-state index < -0.39 is 24.3 Å². The number of halogens is 2. The number of imidazole rings is 1. The lowest BCUT2D eigenvalue weighted by molar-refractivity contribution is 0.0774. The van der Waals surface area contributed by atoms with Gasteiger partial charge in [-0.3, -0.25) is 4.79 Å². The predicted molar refractivity (Wildman–Crippen MR) is 145 cm³/mol. The number of hydrogen-bond acceptors (Lipinski definition) is 7. The van der Waals surface area contributed by atoms with Crippen molar-refractivity contribution >= 4 is 67.7 Å². The Bertz CT molecular complexity index is 1170. The molecule has 3 rings (SSSR count). The topological polar surface area (TPSA) is 98.5 Å². The molecule has 0 fully saturated rings. The first-order valence-corrected chi connectivity index (χ1v) is 18.7. The Morgan fingerprint density at radius 2 is 2.03 bits per heavy atom. The van der Waals surface area contributed by atoms with Gasteiger partial charge in [-0.25, -0.2) is 8.96 Å². The standard InChI is InChI=1S/C20H31Br2N5O4S2Si/c1-25(2)33(29,30)27-14-7-8-23-17(16(14)24-20(27)32-3)18(28)15-11-13(21)19(22)26(15)12-31-9-10-34(4,5)6/h11,17,23H,7-10,12H2,1-6H3. The van der Waals surface area contributed by atoms with E-state index in [2.05, 4.69) is 61.8 Å². The lowest BCUT2D eigenvalue weighted by Crippen LogP contribution is -2.38. The first-order valence-electron chi connectivity index (χ1n) is 10.8. The molecule has 0 bridgehead atoms. The fourth-order valence-electron chi connectivity index (χ4n) is 3.58. The smallest absolute Gasteiger partial charge is 0.309 e. The van der Waals surface area contributed by atoms with Crippen molar-refractivity contribution in [1.29, 1.82) is 0 Å². The molecule has 0 radical (unpaired) electrons. The van der Waals surface area contributed by atoms with Gasteiger partial charge < -0.3 is 14.6 Å². The molecule has 1 atom stereocenters. The molecule has 14 heteroatoms. The van der Waals surface area contributed by atoms with Crippen LogP contribution < -0.4 is 5.32 Å². The lowest BCUT2D eigenvalue weighted by Gasteiger charge is -2.24. The van der Waals surface area contributed by atoms with Gasteiger partial charge in [-0.05, 0) is 50.2 Å². The number of aromatic nitrogens is 3. The van der Waals surface area contributed by atoms with Gasteiger partial charge in [0.25, 0.3) is 0 Å². The fraction of sp³-hybridized carbons (Fsp3) is 0.600. The Kier molecular flexibility index (Phi) is 8.98. The van der Waals surface area contributed by atoms with Crippen molar-refractivity contribution in [1.82, 2.24) is 23.1 Å². The number of thioether (sulfide) groups is 1. The molecule has 190 valence electrons. The maximum Gasteiger partial charge on any atom is 0.309 e. The lowest BCUT2D eigenvalue weighted by atomic mass is 10.00. The molecule has 3 heterocycles. The van der Waals surface area contributed by atoms with Crippen molar-refractivity contribution in [2.45, 2.75) is 50.0 Å². The second-order valence-electron chi connectivity index (χ2n) is 9.43. The van der Waals surface area contributed by atoms with Crippen LogP contribution in [0.5, 0.6) is 0 Å². The van der Waals surface area contributed by atoms with Crippen LogP contribution in [0, 0.1) is 0 Å². The molecule has 0 aliphatic carbocycles. The average molecular weight is 658 g/mol. The number of Topliss-reactive ketones (excluding diaryl/α,β-unsaturated/α-hetero) is 1. The van der Waals surface area contributed by atoms with Crippen LogP contribution >= 0.6 is 43.6 Å². The predicted octanol–water partition coefficient (Wildman–Crippen LogP) is 3.97. The van der Waals surface area contributed by atoms with E-state index >= 15 is 0 Å². The molecule has 0 aromatic carbocycles. The molecule has 1 N–H and O–H groups in total. The molecule has 9 nitrogen and oxygen atoms in total. The Balaban J connectivity index is 1.96. The van der Waals surface area contributed by atoms with E-state index in [0.29, 0.717) is 46.4 Å². The molecule has 0 spiro atoms. The second kappa shape index (κ2) is 10.9. The molecule has 1 aliphatic rings. The minimum atomic E-state index is -3.78. The van der Waals surface area contributed by atoms with E-state index in [9.17, 15) is 13.2 Å². The highest BCUT2D eigenvalue weighted by Crippen LogP contribution is 2.34. The van der Waals surface area contributed by atoms with E-state index in [-0.39, 0.29) is 12.5 Å². The summed E-state index contributed by atoms with van der Waals surface area (Å²) in [7, 11) is -2.04. The molecule has 2 aromatic rings. The molecule has 0 amide bonds. The first kappa shape index (κ1) is 28.1. The monoisotopic (exact) mass is 655 g/mol. The van der Waals surface area contributed by atoms with Crippen LogP contribution in [-0.2, 0) is 28.1 Å². The Labute approximate surface area is 223 Å². The van der Waals surface area contributed by atoms with Gasteiger partial charge >= 0.3 is 10.2 Å². The average Bonchev–Trinajstić information content (AvgIpc) is 3.28. The number of carbonyl (C=O) groups excluding carboxylic acids is 1. The van der Waals surface area contributed by atoms with Crippen LogP contribution in [0.15, 0.2) is 20.3 Å². The minimum Gasteiger partial charge on any atom is -0.361 e. The molecular formula is C20H31Br2N5O4S2Si. The number of nitrogens with zero attached hydrogens (tertiary/aromatic N) is 4. The quantitative estimate of drug-likeness (QED) is 0.179. The zero-order chi connectivity index (χ0) is 25.4. The van der Waals surface area contributed by atoms with Gasteiger partial charge in [0, 0.05) is 41.7 Å². The molecule has 1 aliphatic heterocycles. The second-order valence-corrected chi connectivity index (χ2v) is 19.4. The van der Waals surface area contributed by atoms with Crippen molar-refractivity contribution < 1.29 is 17.9 Å². The van der Waals surface area contributed by atoms with E-state index in [1.807, 2.05) is 0 Å². The number of fused-ring (bicyclic) bond motifs is 1. The van der Waals surface area contributed by atoms with Crippen molar-refractivity contribution in [2.75, 3.05) is 33.5 Å². The molecular weight excluding hydrogens is 626 g/mol. The van der Waals surface area contributed by atoms with Gasteiger partial charge in [0.2, 0.25) is 5.78 Å². The minimum absolute atomic E-state index is 0.194. The summed E-state index contributed by atoms with van der Waals surface area (Å²) in [6, 6.07) is 2.02. The number of ether oxygens (including phenoxy) is 1. The largest absolute Gasteiger partial charge is 0.361 e. The van der Waals surface area contributed by atoms with E-state index in [1.165, 1.54) is 29.8 Å². The summed E-state index contributed by atoms with van der Waals surface area (Å²) in [5.74, 6) is -0.194. The summed E-state index contributed by atoms with van der Waals surface area (Å²) in [6.07, 6.45) is 2.23. The summed E-state index contributed by atoms with van der Waals surface area (Å²) in [5.41, 5.74) is 1.44. The van der Waals surface area contributed by atoms with Crippen LogP contribution in [0.25, 0.3) is 0 Å². The summed E-state index contributed by atoms with van der Waals surface area (Å²) >= 11 is 8.29. The molecule has 34 heavy (non-hydrogen) atoms. The van der Waals surface area contributed by atoms with E-state index in [4.69, 9.17) is 4.74 Å². The highest BCUT2D eigenvalue weighted by molar-refractivity contribution is 9.13. The third kappa shape index (κ3) is 5.74. The van der Waals surface area contributed by atoms with Crippen molar-refractivity contribution in [2.24, 2.45) is 0 Å². The van der Waals surface area contributed by atoms with Crippen LogP contribution in [0.4, 0.5) is 0 Å². The molecule has 0 saturated heterocycles. The fourth-order valence-corrected chi connectivity index (χ4v) is 7.17. The van der Waals surface area contributed by atoms with Crippen molar-refractivity contribution in [3.8, 4) is 0 Å². The number of carbonyl (C=O) groups is 1. The van der Waals surface area contributed by atoms with Gasteiger partial charge in [-0.1, -0.05) is 31.4 Å². The van der Waals surface area contributed by atoms with Gasteiger partial charge in [0.1, 0.15) is 17.4 Å². The zero-order valence-corrected chi connectivity index (χ0v) is 26.0. The van der Waals surface area contributed by atoms with Crippen LogP contribution in [0.3, 0.4) is 0 Å². The number of ketones is 1. The van der Waals surface area contributed by atoms with Crippen molar-refractivity contribution in [3.05, 3.63) is 32.2 Å². The summed E-state index contributed by atoms with van der Waals surface area (Å²) < 4.78 is 37.6. The highest BCUT2D eigenvalue weighted by Gasteiger charge is 2.37. The highest BCUT2D eigenvalue weighted by atomic mass is 79.9. The number of rotatable bonds is 10. The Morgan fingerprint density at radius 3 is 2.62 bits per heavy atom. The van der Waals surface area contributed by atoms with Crippen LogP contribution in [0.1, 0.15) is 27.9 Å². The van der Waals surface area contributed by atoms with Crippen LogP contribution in [-0.4, -0.2) is 73.6 Å². The first-order chi connectivity index (χ1) is 15.8. The van der Waals surface area contributed by atoms with Crippen molar-refractivity contribution in [3.63, 3.8) is 0 Å². The van der Waals surface area contributed by atoms with E-state index in [1.54, 1.807) is 16.9 Å². The third-order valence-corrected chi connectivity index (χ3v) is 11.7. The normalized spacial score (nSPS) is 16.8. The summed E-state index contributed by atoms with van der Waals surface area (Å²) in [5, 5.41) is 3.58. The zero-order valence-electron chi connectivity index (χ0n) is 20.2. The molecule has 2 aromatic heterocycles. The summed E-state index contributed by atoms with van der Waals surface area (Å²) in [6.45, 7) is 8.19. The van der Waals surface area contributed by atoms with Gasteiger partial charge in [0.15, 0.2) is 5.16 Å². The number of nitrogens with one attached hydrogen (secondary N) is 1. The van der Waals surface area contributed by atoms with Crippen LogP contribution in [0.2, 0.25) is 25.7 Å². The summed E-state index contributed by atoms with van der Waals surface area (Å²) in [4.78, 5) is 18.3.